The van der Waals surface area contributed by atoms with Crippen molar-refractivity contribution in [2.24, 2.45) is 0 Å². The molecule has 6 nitrogen and oxygen atoms in total. The minimum Gasteiger partial charge on any atom is -0.485 e. The van der Waals surface area contributed by atoms with E-state index in [1.165, 1.54) is 0 Å². The van der Waals surface area contributed by atoms with Crippen LogP contribution in [0.4, 0.5) is 0 Å². The monoisotopic (exact) mass is 317 g/mol. The molecule has 1 amide bonds. The third-order valence-corrected chi connectivity index (χ3v) is 3.39. The number of amides is 1. The first-order chi connectivity index (χ1) is 11.3. The molecule has 122 valence electrons. The summed E-state index contributed by atoms with van der Waals surface area (Å²) in [6.07, 6.45) is 1.72. The van der Waals surface area contributed by atoms with Crippen molar-refractivity contribution in [1.29, 1.82) is 0 Å². The molecule has 0 unspecified atom stereocenters. The average molecular weight is 317 g/mol. The Balaban J connectivity index is 1.32. The Hall–Kier alpha value is -2.47. The summed E-state index contributed by atoms with van der Waals surface area (Å²) in [5, 5.41) is 2.83. The van der Waals surface area contributed by atoms with E-state index in [2.05, 4.69) is 5.32 Å². The van der Waals surface area contributed by atoms with E-state index in [0.29, 0.717) is 31.3 Å². The van der Waals surface area contributed by atoms with Gasteiger partial charge >= 0.3 is 0 Å². The lowest BCUT2D eigenvalue weighted by atomic mass is 10.2. The first-order valence-electron chi connectivity index (χ1n) is 7.59. The summed E-state index contributed by atoms with van der Waals surface area (Å²) in [5.41, 5.74) is 0. The molecule has 1 N–H and O–H groups in total. The van der Waals surface area contributed by atoms with Crippen LogP contribution in [-0.2, 0) is 16.1 Å². The van der Waals surface area contributed by atoms with Crippen molar-refractivity contribution in [2.75, 3.05) is 19.8 Å². The average Bonchev–Trinajstić information content (AvgIpc) is 3.10. The highest BCUT2D eigenvalue weighted by Crippen LogP contribution is 2.30. The highest BCUT2D eigenvalue weighted by atomic mass is 16.6. The number of rotatable bonds is 7. The van der Waals surface area contributed by atoms with E-state index in [1.54, 1.807) is 12.3 Å². The van der Waals surface area contributed by atoms with Crippen LogP contribution in [0.25, 0.3) is 0 Å². The SMILES string of the molecule is O=C(NCCCOCc1ccco1)[C@H]1COc2ccccc2O1. The van der Waals surface area contributed by atoms with Crippen molar-refractivity contribution in [3.05, 3.63) is 48.4 Å². The van der Waals surface area contributed by atoms with Gasteiger partial charge in [0, 0.05) is 13.2 Å². The molecule has 1 aliphatic heterocycles. The van der Waals surface area contributed by atoms with Crippen LogP contribution in [0.3, 0.4) is 0 Å². The lowest BCUT2D eigenvalue weighted by molar-refractivity contribution is -0.130. The Morgan fingerprint density at radius 3 is 2.91 bits per heavy atom. The van der Waals surface area contributed by atoms with Gasteiger partial charge in [-0.15, -0.1) is 0 Å². The number of furan rings is 1. The lowest BCUT2D eigenvalue weighted by Gasteiger charge is -2.25. The molecule has 1 aliphatic rings. The van der Waals surface area contributed by atoms with Gasteiger partial charge in [0.1, 0.15) is 19.0 Å². The number of hydrogen-bond donors (Lipinski definition) is 1. The predicted octanol–water partition coefficient (Wildman–Crippen LogP) is 2.14. The van der Waals surface area contributed by atoms with Gasteiger partial charge in [-0.2, -0.15) is 0 Å². The zero-order valence-corrected chi connectivity index (χ0v) is 12.7. The third-order valence-electron chi connectivity index (χ3n) is 3.39. The second-order valence-corrected chi connectivity index (χ2v) is 5.14. The molecule has 23 heavy (non-hydrogen) atoms. The van der Waals surface area contributed by atoms with Crippen LogP contribution in [0.15, 0.2) is 47.1 Å². The molecule has 0 saturated carbocycles. The molecule has 2 heterocycles. The number of hydrogen-bond acceptors (Lipinski definition) is 5. The molecule has 1 atom stereocenters. The van der Waals surface area contributed by atoms with Gasteiger partial charge < -0.3 is 23.9 Å². The maximum Gasteiger partial charge on any atom is 0.264 e. The number of benzene rings is 1. The fourth-order valence-corrected chi connectivity index (χ4v) is 2.22. The van der Waals surface area contributed by atoms with Crippen LogP contribution in [0.5, 0.6) is 11.5 Å². The fourth-order valence-electron chi connectivity index (χ4n) is 2.22. The van der Waals surface area contributed by atoms with Crippen molar-refractivity contribution in [1.82, 2.24) is 5.32 Å². The second-order valence-electron chi connectivity index (χ2n) is 5.14. The first-order valence-corrected chi connectivity index (χ1v) is 7.59. The van der Waals surface area contributed by atoms with E-state index >= 15 is 0 Å². The van der Waals surface area contributed by atoms with Crippen LogP contribution < -0.4 is 14.8 Å². The van der Waals surface area contributed by atoms with E-state index in [0.717, 1.165) is 12.2 Å². The summed E-state index contributed by atoms with van der Waals surface area (Å²) < 4.78 is 21.8. The number of ether oxygens (including phenoxy) is 3. The van der Waals surface area contributed by atoms with E-state index < -0.39 is 6.10 Å². The molecule has 6 heteroatoms. The third kappa shape index (κ3) is 4.26. The number of nitrogens with one attached hydrogen (secondary N) is 1. The van der Waals surface area contributed by atoms with Gasteiger partial charge in [-0.25, -0.2) is 0 Å². The number of carbonyl (C=O) groups is 1. The molecule has 0 saturated heterocycles. The quantitative estimate of drug-likeness (QED) is 0.792. The van der Waals surface area contributed by atoms with Crippen LogP contribution in [0.2, 0.25) is 0 Å². The first kappa shape index (κ1) is 15.4. The molecule has 0 bridgehead atoms. The van der Waals surface area contributed by atoms with Gasteiger partial charge in [-0.05, 0) is 30.7 Å². The lowest BCUT2D eigenvalue weighted by Crippen LogP contribution is -2.44. The van der Waals surface area contributed by atoms with Crippen LogP contribution in [0.1, 0.15) is 12.2 Å². The zero-order valence-electron chi connectivity index (χ0n) is 12.7. The fraction of sp³-hybridized carbons (Fsp3) is 0.353. The number of fused-ring (bicyclic) bond motifs is 1. The largest absolute Gasteiger partial charge is 0.485 e. The molecule has 0 radical (unpaired) electrons. The Kier molecular flexibility index (Phi) is 5.16. The summed E-state index contributed by atoms with van der Waals surface area (Å²) in [7, 11) is 0. The molecular weight excluding hydrogens is 298 g/mol. The van der Waals surface area contributed by atoms with Crippen molar-refractivity contribution in [3.8, 4) is 11.5 Å². The summed E-state index contributed by atoms with van der Waals surface area (Å²) in [6.45, 7) is 1.74. The molecule has 0 fully saturated rings. The molecular formula is C17H19NO5. The van der Waals surface area contributed by atoms with Crippen molar-refractivity contribution >= 4 is 5.91 Å². The normalized spacial score (nSPS) is 16.1. The summed E-state index contributed by atoms with van der Waals surface area (Å²) in [6, 6.07) is 11.0. The van der Waals surface area contributed by atoms with Gasteiger partial charge in [0.15, 0.2) is 11.5 Å². The Morgan fingerprint density at radius 1 is 1.22 bits per heavy atom. The standard InChI is InChI=1S/C17H19NO5/c19-17(16-12-22-14-6-1-2-7-15(14)23-16)18-8-4-9-20-11-13-5-3-10-21-13/h1-3,5-7,10,16H,4,8-9,11-12H2,(H,18,19)/t16-/m1/s1. The van der Waals surface area contributed by atoms with Gasteiger partial charge in [-0.3, -0.25) is 4.79 Å². The minimum absolute atomic E-state index is 0.175. The zero-order chi connectivity index (χ0) is 15.9. The molecule has 3 rings (SSSR count). The molecule has 2 aromatic rings. The van der Waals surface area contributed by atoms with E-state index in [1.807, 2.05) is 30.3 Å². The predicted molar refractivity (Wildman–Crippen MR) is 82.3 cm³/mol. The van der Waals surface area contributed by atoms with Gasteiger partial charge in [0.05, 0.1) is 6.26 Å². The smallest absolute Gasteiger partial charge is 0.264 e. The van der Waals surface area contributed by atoms with Crippen LogP contribution in [-0.4, -0.2) is 31.8 Å². The number of para-hydroxylation sites is 2. The maximum atomic E-state index is 12.1. The highest BCUT2D eigenvalue weighted by molar-refractivity contribution is 5.81. The van der Waals surface area contributed by atoms with Gasteiger partial charge in [0.25, 0.3) is 5.91 Å². The van der Waals surface area contributed by atoms with Crippen LogP contribution in [0, 0.1) is 0 Å². The number of carbonyl (C=O) groups excluding carboxylic acids is 1. The molecule has 1 aromatic carbocycles. The van der Waals surface area contributed by atoms with E-state index in [9.17, 15) is 4.79 Å². The van der Waals surface area contributed by atoms with Crippen molar-refractivity contribution in [2.45, 2.75) is 19.1 Å². The highest BCUT2D eigenvalue weighted by Gasteiger charge is 2.26. The molecule has 0 aliphatic carbocycles. The minimum atomic E-state index is -0.617. The van der Waals surface area contributed by atoms with E-state index in [-0.39, 0.29) is 12.5 Å². The van der Waals surface area contributed by atoms with Gasteiger partial charge in [-0.1, -0.05) is 12.1 Å². The summed E-state index contributed by atoms with van der Waals surface area (Å²) in [4.78, 5) is 12.1. The maximum absolute atomic E-state index is 12.1. The molecule has 1 aromatic heterocycles. The van der Waals surface area contributed by atoms with Crippen molar-refractivity contribution < 1.29 is 23.4 Å². The topological polar surface area (TPSA) is 69.9 Å². The van der Waals surface area contributed by atoms with E-state index in [4.69, 9.17) is 18.6 Å². The Morgan fingerprint density at radius 2 is 2.09 bits per heavy atom. The Labute approximate surface area is 134 Å². The second kappa shape index (κ2) is 7.69. The van der Waals surface area contributed by atoms with Crippen LogP contribution >= 0.6 is 0 Å². The summed E-state index contributed by atoms with van der Waals surface area (Å²) in [5.74, 6) is 1.88. The summed E-state index contributed by atoms with van der Waals surface area (Å²) >= 11 is 0. The van der Waals surface area contributed by atoms with Crippen molar-refractivity contribution in [3.63, 3.8) is 0 Å². The Bertz CT molecular complexity index is 626. The van der Waals surface area contributed by atoms with Gasteiger partial charge in [0.2, 0.25) is 6.10 Å². The molecule has 0 spiro atoms.